The number of thioether (sulfide) groups is 1. The first-order valence-electron chi connectivity index (χ1n) is 6.21. The summed E-state index contributed by atoms with van der Waals surface area (Å²) < 4.78 is 9.83. The van der Waals surface area contributed by atoms with E-state index in [2.05, 4.69) is 16.6 Å². The largest absolute Gasteiger partial charge is 0.497 e. The number of hydrogen-bond donors (Lipinski definition) is 1. The smallest absolute Gasteiger partial charge is 0.306 e. The second-order valence-electron chi connectivity index (χ2n) is 3.91. The van der Waals surface area contributed by atoms with Gasteiger partial charge in [0, 0.05) is 17.1 Å². The first kappa shape index (κ1) is 16.4. The predicted octanol–water partition coefficient (Wildman–Crippen LogP) is 1.80. The molecule has 108 valence electrons. The van der Waals surface area contributed by atoms with Crippen molar-refractivity contribution in [3.63, 3.8) is 0 Å². The lowest BCUT2D eigenvalue weighted by Gasteiger charge is -2.07. The van der Waals surface area contributed by atoms with E-state index >= 15 is 0 Å². The molecule has 0 aliphatic heterocycles. The highest BCUT2D eigenvalue weighted by Gasteiger charge is 2.05. The van der Waals surface area contributed by atoms with Gasteiger partial charge in [0.25, 0.3) is 0 Å². The van der Waals surface area contributed by atoms with E-state index in [1.54, 1.807) is 18.9 Å². The predicted molar refractivity (Wildman–Crippen MR) is 81.7 cm³/mol. The van der Waals surface area contributed by atoms with Gasteiger partial charge in [0.15, 0.2) is 0 Å². The summed E-state index contributed by atoms with van der Waals surface area (Å²) in [5.41, 5.74) is 7.43. The highest BCUT2D eigenvalue weighted by atomic mass is 32.2. The lowest BCUT2D eigenvalue weighted by Crippen LogP contribution is -2.01. The Morgan fingerprint density at radius 2 is 2.20 bits per heavy atom. The van der Waals surface area contributed by atoms with Crippen molar-refractivity contribution in [2.75, 3.05) is 26.5 Å². The van der Waals surface area contributed by atoms with E-state index in [-0.39, 0.29) is 5.97 Å². The van der Waals surface area contributed by atoms with Gasteiger partial charge in [0.1, 0.15) is 5.75 Å². The minimum absolute atomic E-state index is 0.189. The molecule has 5 heteroatoms. The van der Waals surface area contributed by atoms with Crippen molar-refractivity contribution >= 4 is 17.7 Å². The van der Waals surface area contributed by atoms with Crippen molar-refractivity contribution in [3.8, 4) is 17.6 Å². The summed E-state index contributed by atoms with van der Waals surface area (Å²) in [5, 5.41) is 0. The molecule has 0 spiro atoms. The van der Waals surface area contributed by atoms with Crippen LogP contribution in [0, 0.1) is 11.8 Å². The van der Waals surface area contributed by atoms with E-state index in [0.29, 0.717) is 18.7 Å². The van der Waals surface area contributed by atoms with Crippen LogP contribution in [-0.4, -0.2) is 32.5 Å². The molecule has 0 saturated heterocycles. The maximum absolute atomic E-state index is 11.0. The molecule has 1 aromatic carbocycles. The van der Waals surface area contributed by atoms with Crippen LogP contribution in [0.4, 0.5) is 0 Å². The fraction of sp³-hybridized carbons (Fsp3) is 0.400. The van der Waals surface area contributed by atoms with Crippen LogP contribution in [0.15, 0.2) is 18.2 Å². The second kappa shape index (κ2) is 9.29. The van der Waals surface area contributed by atoms with Crippen molar-refractivity contribution in [2.45, 2.75) is 12.2 Å². The van der Waals surface area contributed by atoms with E-state index in [4.69, 9.17) is 10.5 Å². The minimum atomic E-state index is -0.189. The molecule has 0 fully saturated rings. The Morgan fingerprint density at radius 1 is 1.40 bits per heavy atom. The van der Waals surface area contributed by atoms with Gasteiger partial charge in [-0.1, -0.05) is 11.8 Å². The lowest BCUT2D eigenvalue weighted by atomic mass is 10.1. The number of carbonyl (C=O) groups is 1. The summed E-state index contributed by atoms with van der Waals surface area (Å²) in [6.45, 7) is 0.334. The third kappa shape index (κ3) is 5.55. The maximum atomic E-state index is 11.0. The van der Waals surface area contributed by atoms with Gasteiger partial charge in [0.2, 0.25) is 0 Å². The number of carbonyl (C=O) groups excluding carboxylic acids is 1. The zero-order valence-electron chi connectivity index (χ0n) is 11.8. The molecule has 2 N–H and O–H groups in total. The first-order chi connectivity index (χ1) is 9.71. The molecule has 0 aromatic heterocycles. The monoisotopic (exact) mass is 293 g/mol. The molecule has 0 amide bonds. The molecule has 0 heterocycles. The zero-order chi connectivity index (χ0) is 14.8. The summed E-state index contributed by atoms with van der Waals surface area (Å²) in [6.07, 6.45) is 0.412. The van der Waals surface area contributed by atoms with Crippen LogP contribution in [0.25, 0.3) is 0 Å². The summed E-state index contributed by atoms with van der Waals surface area (Å²) in [7, 11) is 3.03. The number of methoxy groups -OCH3 is 2. The first-order valence-corrected chi connectivity index (χ1v) is 7.37. The fourth-order valence-electron chi connectivity index (χ4n) is 1.52. The Hall–Kier alpha value is -1.64. The quantitative estimate of drug-likeness (QED) is 0.492. The van der Waals surface area contributed by atoms with Gasteiger partial charge in [0.05, 0.1) is 27.2 Å². The minimum Gasteiger partial charge on any atom is -0.497 e. The molecule has 0 bridgehead atoms. The van der Waals surface area contributed by atoms with Gasteiger partial charge in [-0.3, -0.25) is 4.79 Å². The Bertz CT molecular complexity index is 506. The molecule has 20 heavy (non-hydrogen) atoms. The van der Waals surface area contributed by atoms with Crippen LogP contribution >= 0.6 is 11.8 Å². The van der Waals surface area contributed by atoms with Gasteiger partial charge in [-0.25, -0.2) is 0 Å². The van der Waals surface area contributed by atoms with E-state index in [0.717, 1.165) is 22.6 Å². The van der Waals surface area contributed by atoms with Crippen LogP contribution in [0.2, 0.25) is 0 Å². The van der Waals surface area contributed by atoms with E-state index in [1.807, 2.05) is 18.2 Å². The van der Waals surface area contributed by atoms with E-state index in [9.17, 15) is 4.79 Å². The number of benzene rings is 1. The summed E-state index contributed by atoms with van der Waals surface area (Å²) in [6, 6.07) is 5.77. The molecule has 0 radical (unpaired) electrons. The van der Waals surface area contributed by atoms with E-state index in [1.165, 1.54) is 7.11 Å². The van der Waals surface area contributed by atoms with Crippen LogP contribution in [0.5, 0.6) is 5.75 Å². The number of nitrogens with two attached hydrogens (primary N) is 1. The maximum Gasteiger partial charge on any atom is 0.306 e. The normalized spacial score (nSPS) is 9.55. The highest BCUT2D eigenvalue weighted by molar-refractivity contribution is 7.98. The van der Waals surface area contributed by atoms with Gasteiger partial charge in [-0.15, -0.1) is 0 Å². The van der Waals surface area contributed by atoms with Gasteiger partial charge in [-0.2, -0.15) is 11.8 Å². The van der Waals surface area contributed by atoms with Crippen molar-refractivity contribution in [1.29, 1.82) is 0 Å². The SMILES string of the molecule is COC(=O)CCSCc1cc(OC)ccc1C#CCN. The summed E-state index contributed by atoms with van der Waals surface area (Å²) in [5.74, 6) is 8.00. The van der Waals surface area contributed by atoms with Crippen molar-refractivity contribution in [2.24, 2.45) is 5.73 Å². The van der Waals surface area contributed by atoms with E-state index < -0.39 is 0 Å². The molecular formula is C15H19NO3S. The van der Waals surface area contributed by atoms with Crippen molar-refractivity contribution in [1.82, 2.24) is 0 Å². The van der Waals surface area contributed by atoms with Gasteiger partial charge in [-0.05, 0) is 23.8 Å². The molecule has 0 saturated carbocycles. The summed E-state index contributed by atoms with van der Waals surface area (Å²) >= 11 is 1.66. The van der Waals surface area contributed by atoms with Gasteiger partial charge >= 0.3 is 5.97 Å². The Kier molecular flexibility index (Phi) is 7.63. The number of ether oxygens (including phenoxy) is 2. The van der Waals surface area contributed by atoms with Crippen LogP contribution in [-0.2, 0) is 15.3 Å². The second-order valence-corrected chi connectivity index (χ2v) is 5.01. The van der Waals surface area contributed by atoms with Gasteiger partial charge < -0.3 is 15.2 Å². The molecule has 1 aromatic rings. The number of rotatable bonds is 6. The summed E-state index contributed by atoms with van der Waals surface area (Å²) in [4.78, 5) is 11.0. The topological polar surface area (TPSA) is 61.5 Å². The third-order valence-corrected chi connectivity index (χ3v) is 3.58. The standard InChI is InChI=1S/C15H19NO3S/c1-18-14-6-5-12(4-3-8-16)13(10-14)11-20-9-7-15(17)19-2/h5-6,10H,7-9,11,16H2,1-2H3. The van der Waals surface area contributed by atoms with Crippen molar-refractivity contribution < 1.29 is 14.3 Å². The number of esters is 1. The van der Waals surface area contributed by atoms with Crippen molar-refractivity contribution in [3.05, 3.63) is 29.3 Å². The highest BCUT2D eigenvalue weighted by Crippen LogP contribution is 2.22. The molecular weight excluding hydrogens is 274 g/mol. The third-order valence-electron chi connectivity index (χ3n) is 2.57. The molecule has 0 aliphatic carbocycles. The molecule has 1 rings (SSSR count). The molecule has 0 aliphatic rings. The lowest BCUT2D eigenvalue weighted by molar-refractivity contribution is -0.140. The average molecular weight is 293 g/mol. The van der Waals surface area contributed by atoms with Crippen LogP contribution in [0.1, 0.15) is 17.5 Å². The van der Waals surface area contributed by atoms with Crippen LogP contribution < -0.4 is 10.5 Å². The molecule has 4 nitrogen and oxygen atoms in total. The Balaban J connectivity index is 2.67. The Morgan fingerprint density at radius 3 is 2.85 bits per heavy atom. The average Bonchev–Trinajstić information content (AvgIpc) is 2.49. The zero-order valence-corrected chi connectivity index (χ0v) is 12.6. The fourth-order valence-corrected chi connectivity index (χ4v) is 2.44. The number of hydrogen-bond acceptors (Lipinski definition) is 5. The molecule has 0 unspecified atom stereocenters. The Labute approximate surface area is 124 Å². The molecule has 0 atom stereocenters. The van der Waals surface area contributed by atoms with Crippen LogP contribution in [0.3, 0.4) is 0 Å².